The fourth-order valence-corrected chi connectivity index (χ4v) is 6.90. The Bertz CT molecular complexity index is 1470. The Hall–Kier alpha value is -2.10. The lowest BCUT2D eigenvalue weighted by Crippen LogP contribution is -2.39. The Labute approximate surface area is 192 Å². The van der Waals surface area contributed by atoms with E-state index >= 15 is 0 Å². The Balaban J connectivity index is 1.89. The molecule has 3 heterocycles. The van der Waals surface area contributed by atoms with E-state index in [9.17, 15) is 25.9 Å². The highest BCUT2D eigenvalue weighted by Crippen LogP contribution is 2.48. The number of thioether (sulfide) groups is 1. The van der Waals surface area contributed by atoms with Gasteiger partial charge in [-0.1, -0.05) is 23.1 Å². The number of aromatic nitrogens is 1. The first-order chi connectivity index (χ1) is 14.9. The summed E-state index contributed by atoms with van der Waals surface area (Å²) in [5.74, 6) is -0.614. The molecule has 32 heavy (non-hydrogen) atoms. The van der Waals surface area contributed by atoms with Crippen LogP contribution in [0.25, 0.3) is 16.5 Å². The zero-order valence-electron chi connectivity index (χ0n) is 17.0. The van der Waals surface area contributed by atoms with E-state index in [-0.39, 0.29) is 5.71 Å². The smallest absolute Gasteiger partial charge is 0.393 e. The van der Waals surface area contributed by atoms with E-state index in [0.717, 1.165) is 5.56 Å². The molecule has 0 unspecified atom stereocenters. The molecule has 0 fully saturated rings. The SMILES string of the molecule is COc1ccc2c(c1)N(CS(=O)(=O)[O-])C(=Cc1sc3c(C)c(C)oc3[n+]1CS(=O)(=O)[O-])S2. The number of furan rings is 1. The quantitative estimate of drug-likeness (QED) is 0.353. The lowest BCUT2D eigenvalue weighted by Gasteiger charge is -2.22. The average Bonchev–Trinajstić information content (AvgIpc) is 3.26. The number of anilines is 1. The highest BCUT2D eigenvalue weighted by atomic mass is 32.2. The van der Waals surface area contributed by atoms with Crippen molar-refractivity contribution in [3.8, 4) is 5.75 Å². The first-order valence-corrected chi connectivity index (χ1v) is 13.8. The number of methoxy groups -OCH3 is 1. The molecule has 1 aliphatic heterocycles. The second kappa shape index (κ2) is 8.04. The fraction of sp³-hybridized carbons (Fsp3) is 0.278. The van der Waals surface area contributed by atoms with Gasteiger partial charge in [0.1, 0.15) is 27.5 Å². The minimum Gasteiger partial charge on any atom is -0.747 e. The van der Waals surface area contributed by atoms with Gasteiger partial charge in [0.2, 0.25) is 5.88 Å². The van der Waals surface area contributed by atoms with Crippen molar-refractivity contribution in [3.63, 3.8) is 0 Å². The normalized spacial score (nSPS) is 15.7. The van der Waals surface area contributed by atoms with Crippen LogP contribution in [0.5, 0.6) is 5.75 Å². The van der Waals surface area contributed by atoms with Crippen LogP contribution in [-0.2, 0) is 26.1 Å². The molecule has 0 saturated heterocycles. The van der Waals surface area contributed by atoms with Crippen LogP contribution >= 0.6 is 23.1 Å². The van der Waals surface area contributed by atoms with Crippen LogP contribution in [-0.4, -0.2) is 38.9 Å². The molecular weight excluding hydrogens is 500 g/mol. The predicted molar refractivity (Wildman–Crippen MR) is 117 cm³/mol. The summed E-state index contributed by atoms with van der Waals surface area (Å²) in [7, 11) is -7.84. The molecule has 10 nitrogen and oxygen atoms in total. The molecule has 0 N–H and O–H groups in total. The number of rotatable bonds is 6. The summed E-state index contributed by atoms with van der Waals surface area (Å²) in [5.41, 5.74) is 1.51. The van der Waals surface area contributed by atoms with Gasteiger partial charge in [0, 0.05) is 16.5 Å². The Morgan fingerprint density at radius 3 is 2.53 bits per heavy atom. The highest BCUT2D eigenvalue weighted by Gasteiger charge is 2.32. The van der Waals surface area contributed by atoms with Crippen molar-refractivity contribution in [1.29, 1.82) is 0 Å². The van der Waals surface area contributed by atoms with Gasteiger partial charge in [0.25, 0.3) is 5.01 Å². The summed E-state index contributed by atoms with van der Waals surface area (Å²) in [5, 5.41) is 0.736. The number of ether oxygens (including phenoxy) is 1. The highest BCUT2D eigenvalue weighted by molar-refractivity contribution is 8.04. The van der Waals surface area contributed by atoms with Crippen molar-refractivity contribution in [2.75, 3.05) is 17.9 Å². The van der Waals surface area contributed by atoms with Crippen LogP contribution < -0.4 is 14.2 Å². The second-order valence-electron chi connectivity index (χ2n) is 7.01. The van der Waals surface area contributed by atoms with E-state index in [0.29, 0.717) is 36.8 Å². The average molecular weight is 518 g/mol. The predicted octanol–water partition coefficient (Wildman–Crippen LogP) is 2.32. The number of fused-ring (bicyclic) bond motifs is 2. The van der Waals surface area contributed by atoms with E-state index in [1.54, 1.807) is 31.2 Å². The molecule has 1 aromatic carbocycles. The van der Waals surface area contributed by atoms with Gasteiger partial charge in [0.05, 0.1) is 23.9 Å². The number of thiazole rings is 1. The van der Waals surface area contributed by atoms with Crippen LogP contribution in [0.3, 0.4) is 0 Å². The number of aryl methyl sites for hydroxylation is 2. The van der Waals surface area contributed by atoms with Gasteiger partial charge in [-0.05, 0) is 26.0 Å². The van der Waals surface area contributed by atoms with Crippen LogP contribution in [0, 0.1) is 13.8 Å². The van der Waals surface area contributed by atoms with Gasteiger partial charge in [-0.15, -0.1) is 4.57 Å². The van der Waals surface area contributed by atoms with Crippen LogP contribution in [0.15, 0.2) is 32.5 Å². The summed E-state index contributed by atoms with van der Waals surface area (Å²) < 4.78 is 82.2. The maximum absolute atomic E-state index is 11.6. The van der Waals surface area contributed by atoms with Gasteiger partial charge in [-0.2, -0.15) is 0 Å². The summed E-state index contributed by atoms with van der Waals surface area (Å²) in [6, 6.07) is 5.04. The molecule has 0 bridgehead atoms. The third-order valence-electron chi connectivity index (χ3n) is 4.79. The van der Waals surface area contributed by atoms with E-state index in [1.165, 1.54) is 39.7 Å². The molecule has 0 amide bonds. The van der Waals surface area contributed by atoms with Crippen LogP contribution in [0.1, 0.15) is 16.3 Å². The standard InChI is InChI=1S/C18H18N2O8S4/c1-10-11(2)28-18-17(10)30-16(20(18)9-32(24,25)26)7-15-19(8-31(21,22)23)13-6-12(27-3)4-5-14(13)29-15/h4-7H,8-9H2,1-3H3,(H-,21,22,23,24,25,26)/p-1. The molecule has 0 saturated carbocycles. The number of nitrogens with zero attached hydrogens (tertiary/aromatic N) is 2. The molecule has 172 valence electrons. The van der Waals surface area contributed by atoms with Crippen molar-refractivity contribution in [2.45, 2.75) is 24.6 Å². The summed E-state index contributed by atoms with van der Waals surface area (Å²) in [4.78, 5) is 2.01. The molecule has 14 heteroatoms. The summed E-state index contributed by atoms with van der Waals surface area (Å²) >= 11 is 2.41. The molecule has 0 atom stereocenters. The molecular formula is C18H17N2O8S4-. The summed E-state index contributed by atoms with van der Waals surface area (Å²) in [6.45, 7) is 3.54. The Kier molecular flexibility index (Phi) is 5.80. The van der Waals surface area contributed by atoms with Gasteiger partial charge < -0.3 is 23.2 Å². The monoisotopic (exact) mass is 517 g/mol. The Morgan fingerprint density at radius 2 is 1.91 bits per heavy atom. The summed E-state index contributed by atoms with van der Waals surface area (Å²) in [6.07, 6.45) is 1.54. The van der Waals surface area contributed by atoms with Crippen molar-refractivity contribution in [1.82, 2.24) is 0 Å². The first-order valence-electron chi connectivity index (χ1n) is 9.01. The van der Waals surface area contributed by atoms with Gasteiger partial charge in [-0.25, -0.2) is 16.8 Å². The topological polar surface area (TPSA) is 144 Å². The zero-order chi connectivity index (χ0) is 23.4. The third kappa shape index (κ3) is 4.51. The van der Waals surface area contributed by atoms with E-state index in [2.05, 4.69) is 0 Å². The van der Waals surface area contributed by atoms with Crippen LogP contribution in [0.2, 0.25) is 0 Å². The van der Waals surface area contributed by atoms with Crippen molar-refractivity contribution in [2.24, 2.45) is 0 Å². The van der Waals surface area contributed by atoms with E-state index in [4.69, 9.17) is 9.15 Å². The third-order valence-corrected chi connectivity index (χ3v) is 8.28. The Morgan fingerprint density at radius 1 is 1.19 bits per heavy atom. The van der Waals surface area contributed by atoms with E-state index in [1.807, 2.05) is 6.92 Å². The molecule has 3 aromatic rings. The second-order valence-corrected chi connectivity index (χ2v) is 11.8. The van der Waals surface area contributed by atoms with Gasteiger partial charge in [0.15, 0.2) is 14.8 Å². The number of hydrogen-bond acceptors (Lipinski definition) is 11. The van der Waals surface area contributed by atoms with Crippen molar-refractivity contribution in [3.05, 3.63) is 39.6 Å². The molecule has 0 radical (unpaired) electrons. The maximum Gasteiger partial charge on any atom is 0.393 e. The van der Waals surface area contributed by atoms with Crippen molar-refractivity contribution >= 4 is 65.5 Å². The van der Waals surface area contributed by atoms with Crippen LogP contribution in [0.4, 0.5) is 5.69 Å². The molecule has 1 aliphatic rings. The van der Waals surface area contributed by atoms with E-state index < -0.39 is 32.0 Å². The van der Waals surface area contributed by atoms with Gasteiger partial charge in [-0.3, -0.25) is 0 Å². The minimum absolute atomic E-state index is 0.237. The lowest BCUT2D eigenvalue weighted by atomic mass is 10.3. The van der Waals surface area contributed by atoms with Gasteiger partial charge >= 0.3 is 5.71 Å². The number of hydrogen-bond donors (Lipinski definition) is 0. The lowest BCUT2D eigenvalue weighted by molar-refractivity contribution is -0.655. The molecule has 0 aliphatic carbocycles. The molecule has 2 aromatic heterocycles. The zero-order valence-corrected chi connectivity index (χ0v) is 20.3. The van der Waals surface area contributed by atoms with Crippen molar-refractivity contribution < 1.29 is 39.7 Å². The first kappa shape index (κ1) is 23.1. The minimum atomic E-state index is -4.66. The largest absolute Gasteiger partial charge is 0.747 e. The molecule has 0 spiro atoms. The number of benzene rings is 1. The fourth-order valence-electron chi connectivity index (χ4n) is 3.25. The molecule has 4 rings (SSSR count). The maximum atomic E-state index is 11.6.